The predicted octanol–water partition coefficient (Wildman–Crippen LogP) is 2.72. The molecule has 0 aliphatic carbocycles. The minimum atomic E-state index is -0.0776. The summed E-state index contributed by atoms with van der Waals surface area (Å²) < 4.78 is 10.8. The highest BCUT2D eigenvalue weighted by atomic mass is 16.5. The Hall–Kier alpha value is -1.90. The minimum absolute atomic E-state index is 0.0420. The van der Waals surface area contributed by atoms with Crippen LogP contribution in [0.2, 0.25) is 0 Å². The topological polar surface area (TPSA) is 71.3 Å². The van der Waals surface area contributed by atoms with Crippen molar-refractivity contribution in [2.45, 2.75) is 32.8 Å². The number of carbonyl (C=O) groups excluding carboxylic acids is 1. The lowest BCUT2D eigenvalue weighted by Gasteiger charge is -2.12. The molecule has 1 atom stereocenters. The van der Waals surface area contributed by atoms with Gasteiger partial charge in [0.25, 0.3) is 0 Å². The summed E-state index contributed by atoms with van der Waals surface area (Å²) in [5.41, 5.74) is 1.17. The standard InChI is InChI=1S/C16H22N2O3/c1-3-20-12-13(2)21-9-5-8-16(19)18-15-7-4-6-14(10-15)11-17/h4,6-7,10,13H,3,5,8-9,12H2,1-2H3,(H,18,19). The Labute approximate surface area is 125 Å². The molecule has 21 heavy (non-hydrogen) atoms. The maximum Gasteiger partial charge on any atom is 0.224 e. The highest BCUT2D eigenvalue weighted by Gasteiger charge is 2.05. The Kier molecular flexibility index (Phi) is 8.10. The smallest absolute Gasteiger partial charge is 0.224 e. The number of nitrogens with one attached hydrogen (secondary N) is 1. The van der Waals surface area contributed by atoms with Gasteiger partial charge in [-0.1, -0.05) is 6.07 Å². The van der Waals surface area contributed by atoms with Crippen LogP contribution >= 0.6 is 0 Å². The lowest BCUT2D eigenvalue weighted by Crippen LogP contribution is -2.18. The molecule has 1 unspecified atom stereocenters. The highest BCUT2D eigenvalue weighted by Crippen LogP contribution is 2.10. The number of benzene rings is 1. The van der Waals surface area contributed by atoms with Crippen molar-refractivity contribution in [2.75, 3.05) is 25.1 Å². The number of rotatable bonds is 9. The van der Waals surface area contributed by atoms with Crippen LogP contribution in [0.5, 0.6) is 0 Å². The van der Waals surface area contributed by atoms with E-state index in [1.54, 1.807) is 24.3 Å². The summed E-state index contributed by atoms with van der Waals surface area (Å²) in [5.74, 6) is -0.0776. The van der Waals surface area contributed by atoms with E-state index in [0.29, 0.717) is 43.9 Å². The molecular formula is C16H22N2O3. The van der Waals surface area contributed by atoms with E-state index in [-0.39, 0.29) is 12.0 Å². The van der Waals surface area contributed by atoms with Gasteiger partial charge in [-0.05, 0) is 38.5 Å². The fourth-order valence-electron chi connectivity index (χ4n) is 1.74. The van der Waals surface area contributed by atoms with E-state index in [2.05, 4.69) is 5.32 Å². The van der Waals surface area contributed by atoms with Crippen LogP contribution in [0.3, 0.4) is 0 Å². The second-order valence-corrected chi connectivity index (χ2v) is 4.69. The molecule has 0 aromatic heterocycles. The first-order chi connectivity index (χ1) is 10.2. The van der Waals surface area contributed by atoms with E-state index in [0.717, 1.165) is 0 Å². The predicted molar refractivity (Wildman–Crippen MR) is 80.9 cm³/mol. The Morgan fingerprint density at radius 2 is 2.29 bits per heavy atom. The van der Waals surface area contributed by atoms with Crippen molar-refractivity contribution in [3.05, 3.63) is 29.8 Å². The number of hydrogen-bond donors (Lipinski definition) is 1. The summed E-state index contributed by atoms with van der Waals surface area (Å²) in [7, 11) is 0. The molecule has 0 fully saturated rings. The van der Waals surface area contributed by atoms with Gasteiger partial charge >= 0.3 is 0 Å². The molecule has 0 saturated heterocycles. The van der Waals surface area contributed by atoms with Crippen LogP contribution < -0.4 is 5.32 Å². The van der Waals surface area contributed by atoms with Gasteiger partial charge in [-0.2, -0.15) is 5.26 Å². The van der Waals surface area contributed by atoms with E-state index >= 15 is 0 Å². The van der Waals surface area contributed by atoms with Crippen molar-refractivity contribution < 1.29 is 14.3 Å². The van der Waals surface area contributed by atoms with Gasteiger partial charge in [0, 0.05) is 25.3 Å². The quantitative estimate of drug-likeness (QED) is 0.710. The van der Waals surface area contributed by atoms with E-state index in [1.807, 2.05) is 19.9 Å². The molecule has 0 radical (unpaired) electrons. The number of nitriles is 1. The van der Waals surface area contributed by atoms with Crippen molar-refractivity contribution >= 4 is 11.6 Å². The van der Waals surface area contributed by atoms with Crippen molar-refractivity contribution in [3.63, 3.8) is 0 Å². The number of amides is 1. The fourth-order valence-corrected chi connectivity index (χ4v) is 1.74. The van der Waals surface area contributed by atoms with Gasteiger partial charge in [0.2, 0.25) is 5.91 Å². The Balaban J connectivity index is 2.21. The summed E-state index contributed by atoms with van der Waals surface area (Å²) in [6.45, 7) is 5.67. The molecule has 0 heterocycles. The van der Waals surface area contributed by atoms with Crippen LogP contribution in [0.1, 0.15) is 32.3 Å². The highest BCUT2D eigenvalue weighted by molar-refractivity contribution is 5.90. The van der Waals surface area contributed by atoms with Gasteiger partial charge in [-0.3, -0.25) is 4.79 Å². The van der Waals surface area contributed by atoms with Gasteiger partial charge in [-0.25, -0.2) is 0 Å². The molecule has 1 N–H and O–H groups in total. The second kappa shape index (κ2) is 9.92. The molecule has 0 saturated carbocycles. The zero-order chi connectivity index (χ0) is 15.5. The number of nitrogens with zero attached hydrogens (tertiary/aromatic N) is 1. The van der Waals surface area contributed by atoms with Gasteiger partial charge in [0.1, 0.15) is 0 Å². The van der Waals surface area contributed by atoms with Crippen LogP contribution in [0.4, 0.5) is 5.69 Å². The van der Waals surface area contributed by atoms with Gasteiger partial charge < -0.3 is 14.8 Å². The van der Waals surface area contributed by atoms with Crippen molar-refractivity contribution in [1.82, 2.24) is 0 Å². The summed E-state index contributed by atoms with van der Waals surface area (Å²) in [6, 6.07) is 8.89. The van der Waals surface area contributed by atoms with E-state index < -0.39 is 0 Å². The normalized spacial score (nSPS) is 11.7. The first kappa shape index (κ1) is 17.2. The lowest BCUT2D eigenvalue weighted by atomic mass is 10.2. The first-order valence-electron chi connectivity index (χ1n) is 7.15. The fraction of sp³-hybridized carbons (Fsp3) is 0.500. The average Bonchev–Trinajstić information content (AvgIpc) is 2.49. The van der Waals surface area contributed by atoms with Crippen molar-refractivity contribution in [2.24, 2.45) is 0 Å². The average molecular weight is 290 g/mol. The molecule has 114 valence electrons. The number of ether oxygens (including phenoxy) is 2. The van der Waals surface area contributed by atoms with Gasteiger partial charge in [0.05, 0.1) is 24.3 Å². The third kappa shape index (κ3) is 7.45. The Morgan fingerprint density at radius 1 is 1.48 bits per heavy atom. The number of hydrogen-bond acceptors (Lipinski definition) is 4. The lowest BCUT2D eigenvalue weighted by molar-refractivity contribution is -0.116. The summed E-state index contributed by atoms with van der Waals surface area (Å²) in [5, 5.41) is 11.6. The van der Waals surface area contributed by atoms with Crippen LogP contribution in [0, 0.1) is 11.3 Å². The van der Waals surface area contributed by atoms with E-state index in [9.17, 15) is 4.79 Å². The molecular weight excluding hydrogens is 268 g/mol. The molecule has 0 aliphatic rings. The van der Waals surface area contributed by atoms with E-state index in [4.69, 9.17) is 14.7 Å². The summed E-state index contributed by atoms with van der Waals surface area (Å²) >= 11 is 0. The zero-order valence-electron chi connectivity index (χ0n) is 12.6. The molecule has 0 bridgehead atoms. The molecule has 1 rings (SSSR count). The molecule has 1 aromatic rings. The van der Waals surface area contributed by atoms with Gasteiger partial charge in [-0.15, -0.1) is 0 Å². The number of anilines is 1. The SMILES string of the molecule is CCOCC(C)OCCCC(=O)Nc1cccc(C#N)c1. The molecule has 0 aliphatic heterocycles. The van der Waals surface area contributed by atoms with Crippen LogP contribution in [0.25, 0.3) is 0 Å². The number of carbonyl (C=O) groups is 1. The summed E-state index contributed by atoms with van der Waals surface area (Å²) in [4.78, 5) is 11.8. The molecule has 1 amide bonds. The summed E-state index contributed by atoms with van der Waals surface area (Å²) in [6.07, 6.45) is 1.08. The Bertz CT molecular complexity index is 483. The van der Waals surface area contributed by atoms with Crippen molar-refractivity contribution in [1.29, 1.82) is 5.26 Å². The second-order valence-electron chi connectivity index (χ2n) is 4.69. The maximum absolute atomic E-state index is 11.8. The van der Waals surface area contributed by atoms with Gasteiger partial charge in [0.15, 0.2) is 0 Å². The van der Waals surface area contributed by atoms with Crippen LogP contribution in [0.15, 0.2) is 24.3 Å². The minimum Gasteiger partial charge on any atom is -0.379 e. The zero-order valence-corrected chi connectivity index (χ0v) is 12.6. The Morgan fingerprint density at radius 3 is 3.00 bits per heavy atom. The third-order valence-electron chi connectivity index (χ3n) is 2.78. The molecule has 5 nitrogen and oxygen atoms in total. The van der Waals surface area contributed by atoms with Crippen LogP contribution in [-0.4, -0.2) is 31.8 Å². The maximum atomic E-state index is 11.8. The largest absolute Gasteiger partial charge is 0.379 e. The first-order valence-corrected chi connectivity index (χ1v) is 7.15. The monoisotopic (exact) mass is 290 g/mol. The van der Waals surface area contributed by atoms with E-state index in [1.165, 1.54) is 0 Å². The van der Waals surface area contributed by atoms with Crippen LogP contribution in [-0.2, 0) is 14.3 Å². The third-order valence-corrected chi connectivity index (χ3v) is 2.78. The van der Waals surface area contributed by atoms with Crippen molar-refractivity contribution in [3.8, 4) is 6.07 Å². The molecule has 1 aromatic carbocycles. The molecule has 5 heteroatoms. The molecule has 0 spiro atoms.